The number of aliphatic hydroxyl groups excluding tert-OH is 1. The van der Waals surface area contributed by atoms with Gasteiger partial charge in [-0.25, -0.2) is 0 Å². The highest BCUT2D eigenvalue weighted by atomic mass is 16.3. The minimum absolute atomic E-state index is 0.0287. The number of carbonyl (C=O) groups excluding carboxylic acids is 1. The third-order valence-electron chi connectivity index (χ3n) is 3.05. The minimum atomic E-state index is -0.348. The number of carbonyl (C=O) groups is 1. The number of nitrogens with one attached hydrogen (secondary N) is 1. The summed E-state index contributed by atoms with van der Waals surface area (Å²) < 4.78 is 1.95. The Balaban J connectivity index is 2.14. The van der Waals surface area contributed by atoms with Crippen LogP contribution < -0.4 is 5.32 Å². The number of fused-ring (bicyclic) bond motifs is 1. The smallest absolute Gasteiger partial charge is 0.239 e. The van der Waals surface area contributed by atoms with Crippen LogP contribution in [0, 0.1) is 0 Å². The molecule has 2 rings (SSSR count). The Morgan fingerprint density at radius 3 is 3.25 bits per heavy atom. The van der Waals surface area contributed by atoms with E-state index in [1.165, 1.54) is 0 Å². The van der Waals surface area contributed by atoms with Crippen LogP contribution in [0.5, 0.6) is 0 Å². The number of nitrogens with zero attached hydrogens (tertiary/aromatic N) is 1. The Morgan fingerprint density at radius 1 is 1.69 bits per heavy atom. The molecule has 0 radical (unpaired) electrons. The van der Waals surface area contributed by atoms with E-state index < -0.39 is 0 Å². The lowest BCUT2D eigenvalue weighted by Crippen LogP contribution is -2.28. The molecule has 1 amide bonds. The van der Waals surface area contributed by atoms with Crippen LogP contribution in [0.15, 0.2) is 12.3 Å². The fourth-order valence-corrected chi connectivity index (χ4v) is 2.29. The van der Waals surface area contributed by atoms with Crippen LogP contribution in [0.2, 0.25) is 0 Å². The molecule has 0 aliphatic heterocycles. The Kier molecular flexibility index (Phi) is 3.29. The van der Waals surface area contributed by atoms with Gasteiger partial charge in [-0.2, -0.15) is 0 Å². The molecule has 1 heterocycles. The highest BCUT2D eigenvalue weighted by Crippen LogP contribution is 2.30. The van der Waals surface area contributed by atoms with Crippen molar-refractivity contribution in [2.24, 2.45) is 0 Å². The first-order valence-corrected chi connectivity index (χ1v) is 5.85. The Morgan fingerprint density at radius 2 is 2.50 bits per heavy atom. The van der Waals surface area contributed by atoms with Crippen molar-refractivity contribution >= 4 is 5.91 Å². The number of hydrogen-bond acceptors (Lipinski definition) is 2. The van der Waals surface area contributed by atoms with Gasteiger partial charge in [0.15, 0.2) is 0 Å². The maximum Gasteiger partial charge on any atom is 0.239 e. The Bertz CT molecular complexity index is 384. The molecule has 0 saturated carbocycles. The molecule has 4 heteroatoms. The lowest BCUT2D eigenvalue weighted by atomic mass is 9.95. The van der Waals surface area contributed by atoms with Crippen molar-refractivity contribution in [2.45, 2.75) is 38.8 Å². The maximum absolute atomic E-state index is 11.5. The van der Waals surface area contributed by atoms with E-state index in [0.717, 1.165) is 30.5 Å². The van der Waals surface area contributed by atoms with Crippen LogP contribution in [0.1, 0.15) is 37.1 Å². The molecule has 16 heavy (non-hydrogen) atoms. The van der Waals surface area contributed by atoms with E-state index in [0.29, 0.717) is 13.1 Å². The second-order valence-corrected chi connectivity index (χ2v) is 4.21. The van der Waals surface area contributed by atoms with E-state index in [2.05, 4.69) is 5.32 Å². The molecule has 1 aromatic heterocycles. The van der Waals surface area contributed by atoms with E-state index >= 15 is 0 Å². The highest BCUT2D eigenvalue weighted by Gasteiger charge is 2.21. The van der Waals surface area contributed by atoms with Gasteiger partial charge in [-0.05, 0) is 32.3 Å². The second-order valence-electron chi connectivity index (χ2n) is 4.21. The fourth-order valence-electron chi connectivity index (χ4n) is 2.29. The van der Waals surface area contributed by atoms with Crippen molar-refractivity contribution < 1.29 is 9.90 Å². The summed E-state index contributed by atoms with van der Waals surface area (Å²) in [7, 11) is 0. The summed E-state index contributed by atoms with van der Waals surface area (Å²) in [6.07, 6.45) is 4.33. The lowest BCUT2D eigenvalue weighted by molar-refractivity contribution is -0.121. The highest BCUT2D eigenvalue weighted by molar-refractivity contribution is 5.75. The van der Waals surface area contributed by atoms with Gasteiger partial charge in [-0.3, -0.25) is 4.79 Å². The first-order chi connectivity index (χ1) is 7.72. The van der Waals surface area contributed by atoms with Crippen molar-refractivity contribution in [3.63, 3.8) is 0 Å². The summed E-state index contributed by atoms with van der Waals surface area (Å²) in [5.41, 5.74) is 2.11. The standard InChI is InChI=1S/C12H18N2O2/c1-2-13-12(16)8-14-7-6-9-10(14)4-3-5-11(9)15/h6-7,11,15H,2-5,8H2,1H3,(H,13,16). The molecule has 1 unspecified atom stereocenters. The molecule has 1 aromatic rings. The van der Waals surface area contributed by atoms with Crippen LogP contribution in [0.3, 0.4) is 0 Å². The number of likely N-dealkylation sites (N-methyl/N-ethyl adjacent to an activating group) is 1. The molecular weight excluding hydrogens is 204 g/mol. The predicted molar refractivity (Wildman–Crippen MR) is 61.0 cm³/mol. The first kappa shape index (κ1) is 11.2. The molecule has 1 aliphatic rings. The zero-order valence-electron chi connectivity index (χ0n) is 9.57. The van der Waals surface area contributed by atoms with Gasteiger partial charge in [0.2, 0.25) is 5.91 Å². The van der Waals surface area contributed by atoms with E-state index in [1.807, 2.05) is 23.8 Å². The summed E-state index contributed by atoms with van der Waals surface area (Å²) >= 11 is 0. The number of rotatable bonds is 3. The number of hydrogen-bond donors (Lipinski definition) is 2. The van der Waals surface area contributed by atoms with E-state index in [1.54, 1.807) is 0 Å². The second kappa shape index (κ2) is 4.70. The van der Waals surface area contributed by atoms with Crippen LogP contribution in [0.4, 0.5) is 0 Å². The average Bonchev–Trinajstić information content (AvgIpc) is 2.64. The van der Waals surface area contributed by atoms with Gasteiger partial charge < -0.3 is 15.0 Å². The van der Waals surface area contributed by atoms with Gasteiger partial charge >= 0.3 is 0 Å². The number of aliphatic hydroxyl groups is 1. The largest absolute Gasteiger partial charge is 0.388 e. The van der Waals surface area contributed by atoms with E-state index in [-0.39, 0.29) is 12.0 Å². The van der Waals surface area contributed by atoms with Crippen molar-refractivity contribution in [1.29, 1.82) is 0 Å². The Hall–Kier alpha value is -1.29. The lowest BCUT2D eigenvalue weighted by Gasteiger charge is -2.19. The van der Waals surface area contributed by atoms with E-state index in [9.17, 15) is 9.90 Å². The molecule has 0 bridgehead atoms. The van der Waals surface area contributed by atoms with Crippen LogP contribution in [-0.2, 0) is 17.8 Å². The normalized spacial score (nSPS) is 19.2. The summed E-state index contributed by atoms with van der Waals surface area (Å²) in [6, 6.07) is 1.93. The molecule has 4 nitrogen and oxygen atoms in total. The van der Waals surface area contributed by atoms with Crippen molar-refractivity contribution in [2.75, 3.05) is 6.54 Å². The molecule has 0 fully saturated rings. The monoisotopic (exact) mass is 222 g/mol. The fraction of sp³-hybridized carbons (Fsp3) is 0.583. The minimum Gasteiger partial charge on any atom is -0.388 e. The van der Waals surface area contributed by atoms with E-state index in [4.69, 9.17) is 0 Å². The molecule has 88 valence electrons. The van der Waals surface area contributed by atoms with Crippen molar-refractivity contribution in [1.82, 2.24) is 9.88 Å². The van der Waals surface area contributed by atoms with Gasteiger partial charge in [0.05, 0.1) is 6.10 Å². The van der Waals surface area contributed by atoms with Gasteiger partial charge in [0.1, 0.15) is 6.54 Å². The molecule has 2 N–H and O–H groups in total. The summed E-state index contributed by atoms with van der Waals surface area (Å²) in [5, 5.41) is 12.6. The molecule has 1 aliphatic carbocycles. The SMILES string of the molecule is CCNC(=O)Cn1ccc2c1CCCC2O. The third-order valence-corrected chi connectivity index (χ3v) is 3.05. The first-order valence-electron chi connectivity index (χ1n) is 5.85. The van der Waals surface area contributed by atoms with Crippen molar-refractivity contribution in [3.8, 4) is 0 Å². The van der Waals surface area contributed by atoms with Crippen LogP contribution in [0.25, 0.3) is 0 Å². The van der Waals surface area contributed by atoms with Crippen LogP contribution in [-0.4, -0.2) is 22.1 Å². The predicted octanol–water partition coefficient (Wildman–Crippen LogP) is 0.994. The third kappa shape index (κ3) is 2.11. The quantitative estimate of drug-likeness (QED) is 0.801. The molecule has 0 aromatic carbocycles. The topological polar surface area (TPSA) is 54.3 Å². The Labute approximate surface area is 95.3 Å². The molecule has 0 spiro atoms. The maximum atomic E-state index is 11.5. The molecular formula is C12H18N2O2. The molecule has 0 saturated heterocycles. The van der Waals surface area contributed by atoms with Crippen LogP contribution >= 0.6 is 0 Å². The van der Waals surface area contributed by atoms with Gasteiger partial charge in [0.25, 0.3) is 0 Å². The summed E-state index contributed by atoms with van der Waals surface area (Å²) in [5.74, 6) is 0.0287. The molecule has 1 atom stereocenters. The number of amides is 1. The summed E-state index contributed by atoms with van der Waals surface area (Å²) in [4.78, 5) is 11.5. The van der Waals surface area contributed by atoms with Gasteiger partial charge in [-0.15, -0.1) is 0 Å². The van der Waals surface area contributed by atoms with Gasteiger partial charge in [-0.1, -0.05) is 0 Å². The zero-order valence-corrected chi connectivity index (χ0v) is 9.57. The van der Waals surface area contributed by atoms with Gasteiger partial charge in [0, 0.05) is 24.0 Å². The summed E-state index contributed by atoms with van der Waals surface area (Å²) in [6.45, 7) is 2.92. The van der Waals surface area contributed by atoms with Crippen molar-refractivity contribution in [3.05, 3.63) is 23.5 Å². The average molecular weight is 222 g/mol. The zero-order chi connectivity index (χ0) is 11.5. The number of aromatic nitrogens is 1.